The van der Waals surface area contributed by atoms with E-state index in [1.165, 1.54) is 0 Å². The Morgan fingerprint density at radius 3 is 0.767 bits per heavy atom. The van der Waals surface area contributed by atoms with Crippen LogP contribution in [0.2, 0.25) is 0 Å². The van der Waals surface area contributed by atoms with Gasteiger partial charge in [-0.2, -0.15) is 0 Å². The van der Waals surface area contributed by atoms with Gasteiger partial charge < -0.3 is 18.9 Å². The first-order valence-corrected chi connectivity index (χ1v) is 20.2. The molecule has 0 N–H and O–H groups in total. The second kappa shape index (κ2) is 20.2. The third kappa shape index (κ3) is 11.7. The Kier molecular flexibility index (Phi) is 13.2. The van der Waals surface area contributed by atoms with E-state index in [9.17, 15) is 0 Å². The third-order valence-electron chi connectivity index (χ3n) is 9.89. The summed E-state index contributed by atoms with van der Waals surface area (Å²) in [4.78, 5) is 0. The maximum Gasteiger partial charge on any atom is 0.124 e. The van der Waals surface area contributed by atoms with Gasteiger partial charge in [0.05, 0.1) is 0 Å². The average molecular weight is 783 g/mol. The number of rotatable bonds is 17. The van der Waals surface area contributed by atoms with E-state index in [0.29, 0.717) is 26.4 Å². The zero-order valence-corrected chi connectivity index (χ0v) is 33.4. The van der Waals surface area contributed by atoms with E-state index in [4.69, 9.17) is 18.9 Å². The van der Waals surface area contributed by atoms with Crippen molar-refractivity contribution in [2.75, 3.05) is 0 Å². The number of benzene rings is 8. The maximum atomic E-state index is 6.22. The summed E-state index contributed by atoms with van der Waals surface area (Å²) in [6.07, 6.45) is 8.44. The second-order valence-corrected chi connectivity index (χ2v) is 14.5. The van der Waals surface area contributed by atoms with Crippen LogP contribution in [0.3, 0.4) is 0 Å². The molecule has 0 saturated heterocycles. The zero-order valence-electron chi connectivity index (χ0n) is 33.4. The molecule has 8 rings (SSSR count). The summed E-state index contributed by atoms with van der Waals surface area (Å²) in [7, 11) is 0. The predicted octanol–water partition coefficient (Wildman–Crippen LogP) is 14.0. The van der Waals surface area contributed by atoms with Gasteiger partial charge in [0.2, 0.25) is 0 Å². The van der Waals surface area contributed by atoms with Crippen molar-refractivity contribution in [1.82, 2.24) is 0 Å². The molecule has 0 fully saturated rings. The summed E-state index contributed by atoms with van der Waals surface area (Å²) < 4.78 is 24.9. The molecule has 0 amide bonds. The number of ether oxygens (including phenoxy) is 4. The molecule has 0 saturated carbocycles. The molecular weight excluding hydrogens is 737 g/mol. The van der Waals surface area contributed by atoms with Gasteiger partial charge in [0.1, 0.15) is 49.4 Å². The standard InChI is InChI=1S/C56H46O4/c1-5-13-45(14-6-1)39-57-53-33-49(34-54(37-53)58-40-46-15-7-2-8-16-46)23-21-43-25-29-51(30-26-43)52-31-27-44(28-32-52)22-24-50-35-55(59-41-47-17-9-3-10-18-47)38-56(36-50)60-42-48-19-11-4-12-20-48/h1-38H,39-42H2/b23-21-,24-22-. The van der Waals surface area contributed by atoms with Crippen LogP contribution in [0.25, 0.3) is 35.4 Å². The summed E-state index contributed by atoms with van der Waals surface area (Å²) in [5.41, 5.74) is 11.0. The van der Waals surface area contributed by atoms with Gasteiger partial charge >= 0.3 is 0 Å². The van der Waals surface area contributed by atoms with E-state index in [2.05, 4.69) is 146 Å². The highest BCUT2D eigenvalue weighted by Gasteiger charge is 2.07. The molecule has 60 heavy (non-hydrogen) atoms. The molecule has 8 aromatic rings. The van der Waals surface area contributed by atoms with Gasteiger partial charge in [-0.1, -0.05) is 194 Å². The topological polar surface area (TPSA) is 36.9 Å². The van der Waals surface area contributed by atoms with E-state index in [1.807, 2.05) is 84.9 Å². The van der Waals surface area contributed by atoms with Gasteiger partial charge in [-0.05, 0) is 79.9 Å². The lowest BCUT2D eigenvalue weighted by molar-refractivity contribution is 0.289. The highest BCUT2D eigenvalue weighted by molar-refractivity contribution is 5.75. The predicted molar refractivity (Wildman–Crippen MR) is 246 cm³/mol. The van der Waals surface area contributed by atoms with Gasteiger partial charge in [-0.15, -0.1) is 0 Å². The van der Waals surface area contributed by atoms with Crippen LogP contribution in [0.5, 0.6) is 23.0 Å². The fourth-order valence-corrected chi connectivity index (χ4v) is 6.64. The minimum absolute atomic E-state index is 0.482. The Morgan fingerprint density at radius 1 is 0.250 bits per heavy atom. The Balaban J connectivity index is 0.926. The van der Waals surface area contributed by atoms with Crippen molar-refractivity contribution in [3.8, 4) is 34.1 Å². The Hall–Kier alpha value is -7.56. The number of hydrogen-bond donors (Lipinski definition) is 0. The van der Waals surface area contributed by atoms with Crippen molar-refractivity contribution >= 4 is 24.3 Å². The van der Waals surface area contributed by atoms with Crippen LogP contribution in [-0.4, -0.2) is 0 Å². The molecule has 0 bridgehead atoms. The fourth-order valence-electron chi connectivity index (χ4n) is 6.64. The lowest BCUT2D eigenvalue weighted by Gasteiger charge is -2.12. The van der Waals surface area contributed by atoms with Gasteiger partial charge in [-0.3, -0.25) is 0 Å². The Labute approximate surface area is 353 Å². The molecule has 0 aliphatic heterocycles. The minimum Gasteiger partial charge on any atom is -0.489 e. The quantitative estimate of drug-likeness (QED) is 0.0862. The second-order valence-electron chi connectivity index (χ2n) is 14.5. The first-order chi connectivity index (χ1) is 29.7. The van der Waals surface area contributed by atoms with E-state index in [-0.39, 0.29) is 0 Å². The Bertz CT molecular complexity index is 2290. The molecule has 0 unspecified atom stereocenters. The molecule has 0 atom stereocenters. The zero-order chi connectivity index (χ0) is 40.6. The van der Waals surface area contributed by atoms with Crippen LogP contribution < -0.4 is 18.9 Å². The summed E-state index contributed by atoms with van der Waals surface area (Å²) in [5, 5.41) is 0. The van der Waals surface area contributed by atoms with Crippen molar-refractivity contribution in [1.29, 1.82) is 0 Å². The monoisotopic (exact) mass is 782 g/mol. The molecular formula is C56H46O4. The molecule has 4 nitrogen and oxygen atoms in total. The van der Waals surface area contributed by atoms with Crippen molar-refractivity contribution in [2.45, 2.75) is 26.4 Å². The summed E-state index contributed by atoms with van der Waals surface area (Å²) in [6.45, 7) is 1.93. The normalized spacial score (nSPS) is 11.1. The molecule has 0 radical (unpaired) electrons. The molecule has 4 heteroatoms. The summed E-state index contributed by atoms with van der Waals surface area (Å²) >= 11 is 0. The van der Waals surface area contributed by atoms with Gasteiger partial charge in [0, 0.05) is 12.1 Å². The van der Waals surface area contributed by atoms with Gasteiger partial charge in [-0.25, -0.2) is 0 Å². The first-order valence-electron chi connectivity index (χ1n) is 20.2. The smallest absolute Gasteiger partial charge is 0.124 e. The van der Waals surface area contributed by atoms with E-state index < -0.39 is 0 Å². The van der Waals surface area contributed by atoms with Crippen LogP contribution in [-0.2, 0) is 26.4 Å². The van der Waals surface area contributed by atoms with Crippen LogP contribution in [0.1, 0.15) is 44.5 Å². The third-order valence-corrected chi connectivity index (χ3v) is 9.89. The van der Waals surface area contributed by atoms with Crippen molar-refractivity contribution in [3.05, 3.63) is 251 Å². The van der Waals surface area contributed by atoms with Crippen molar-refractivity contribution < 1.29 is 18.9 Å². The number of hydrogen-bond acceptors (Lipinski definition) is 4. The van der Waals surface area contributed by atoms with Crippen LogP contribution in [0, 0.1) is 0 Å². The molecule has 0 heterocycles. The Morgan fingerprint density at radius 2 is 0.500 bits per heavy atom. The van der Waals surface area contributed by atoms with E-state index in [1.54, 1.807) is 0 Å². The maximum absolute atomic E-state index is 6.22. The first kappa shape index (κ1) is 39.3. The van der Waals surface area contributed by atoms with E-state index in [0.717, 1.165) is 78.6 Å². The van der Waals surface area contributed by atoms with Crippen molar-refractivity contribution in [3.63, 3.8) is 0 Å². The molecule has 8 aromatic carbocycles. The van der Waals surface area contributed by atoms with E-state index >= 15 is 0 Å². The van der Waals surface area contributed by atoms with Crippen molar-refractivity contribution in [2.24, 2.45) is 0 Å². The van der Waals surface area contributed by atoms with Gasteiger partial charge in [0.15, 0.2) is 0 Å². The lowest BCUT2D eigenvalue weighted by Crippen LogP contribution is -1.98. The SMILES string of the molecule is C(=C/c1cc(OCc2ccccc2)cc(OCc2ccccc2)c1)/c1ccc(-c2ccc(/C=C\c3cc(OCc4ccccc4)cc(OCc4ccccc4)c3)cc2)cc1. The highest BCUT2D eigenvalue weighted by Crippen LogP contribution is 2.29. The average Bonchev–Trinajstić information content (AvgIpc) is 3.32. The van der Waals surface area contributed by atoms with Crippen LogP contribution >= 0.6 is 0 Å². The molecule has 0 spiro atoms. The summed E-state index contributed by atoms with van der Waals surface area (Å²) in [6, 6.07) is 70.1. The summed E-state index contributed by atoms with van der Waals surface area (Å²) in [5.74, 6) is 3.04. The van der Waals surface area contributed by atoms with Gasteiger partial charge in [0.25, 0.3) is 0 Å². The largest absolute Gasteiger partial charge is 0.489 e. The molecule has 0 aliphatic rings. The molecule has 0 aromatic heterocycles. The highest BCUT2D eigenvalue weighted by atomic mass is 16.5. The van der Waals surface area contributed by atoms with Crippen LogP contribution in [0.15, 0.2) is 206 Å². The molecule has 0 aliphatic carbocycles. The van der Waals surface area contributed by atoms with Crippen LogP contribution in [0.4, 0.5) is 0 Å². The fraction of sp³-hybridized carbons (Fsp3) is 0.0714. The lowest BCUT2D eigenvalue weighted by atomic mass is 10.0. The minimum atomic E-state index is 0.482. The molecule has 294 valence electrons.